The Labute approximate surface area is 165 Å². The predicted molar refractivity (Wildman–Crippen MR) is 104 cm³/mol. The van der Waals surface area contributed by atoms with Gasteiger partial charge in [-0.2, -0.15) is 0 Å². The van der Waals surface area contributed by atoms with Crippen LogP contribution in [0.5, 0.6) is 0 Å². The molecular weight excluding hydrogens is 406 g/mol. The van der Waals surface area contributed by atoms with Gasteiger partial charge in [0.05, 0.1) is 10.6 Å². The monoisotopic (exact) mass is 421 g/mol. The zero-order chi connectivity index (χ0) is 20.6. The Hall–Kier alpha value is -2.68. The van der Waals surface area contributed by atoms with Gasteiger partial charge in [-0.05, 0) is 43.2 Å². The van der Waals surface area contributed by atoms with E-state index in [0.29, 0.717) is 16.5 Å². The first-order valence-electron chi connectivity index (χ1n) is 8.10. The Bertz CT molecular complexity index is 1260. The summed E-state index contributed by atoms with van der Waals surface area (Å²) in [5.74, 6) is -0.785. The maximum Gasteiger partial charge on any atom is 0.338 e. The lowest BCUT2D eigenvalue weighted by Crippen LogP contribution is -2.14. The second-order valence-electron chi connectivity index (χ2n) is 6.24. The fourth-order valence-electron chi connectivity index (χ4n) is 2.72. The van der Waals surface area contributed by atoms with Crippen molar-refractivity contribution in [1.29, 1.82) is 0 Å². The minimum absolute atomic E-state index is 0.0345. The fraction of sp³-hybridized carbons (Fsp3) is 0.158. The van der Waals surface area contributed by atoms with Gasteiger partial charge in [0, 0.05) is 17.0 Å². The maximum absolute atomic E-state index is 12.3. The van der Waals surface area contributed by atoms with Crippen LogP contribution in [-0.2, 0) is 21.4 Å². The summed E-state index contributed by atoms with van der Waals surface area (Å²) in [5.41, 5.74) is 2.09. The van der Waals surface area contributed by atoms with Crippen molar-refractivity contribution >= 4 is 38.6 Å². The molecule has 3 rings (SSSR count). The molecule has 0 aliphatic rings. The molecule has 0 atom stereocenters. The zero-order valence-corrected chi connectivity index (χ0v) is 16.6. The Balaban J connectivity index is 1.92. The lowest BCUT2D eigenvalue weighted by atomic mass is 10.0. The Morgan fingerprint density at radius 1 is 1.18 bits per heavy atom. The molecule has 0 aliphatic heterocycles. The van der Waals surface area contributed by atoms with Crippen molar-refractivity contribution in [2.45, 2.75) is 25.3 Å². The first kappa shape index (κ1) is 20.1. The lowest BCUT2D eigenvalue weighted by molar-refractivity contribution is 0.0473. The second kappa shape index (κ2) is 7.38. The number of esters is 1. The van der Waals surface area contributed by atoms with Crippen molar-refractivity contribution in [3.63, 3.8) is 0 Å². The molecule has 0 saturated heterocycles. The topological polar surface area (TPSA) is 117 Å². The number of hydrogen-bond acceptors (Lipinski definition) is 6. The number of primary sulfonamides is 1. The molecule has 0 unspecified atom stereocenters. The average Bonchev–Trinajstić information content (AvgIpc) is 2.62. The number of benzene rings is 2. The molecule has 2 aromatic carbocycles. The smallest absolute Gasteiger partial charge is 0.338 e. The van der Waals surface area contributed by atoms with Gasteiger partial charge in [-0.3, -0.25) is 0 Å². The van der Waals surface area contributed by atoms with Gasteiger partial charge in [-0.1, -0.05) is 23.7 Å². The van der Waals surface area contributed by atoms with Gasteiger partial charge in [-0.25, -0.2) is 23.1 Å². The van der Waals surface area contributed by atoms with Crippen LogP contribution in [0.4, 0.5) is 0 Å². The number of halogens is 1. The highest BCUT2D eigenvalue weighted by molar-refractivity contribution is 7.89. The second-order valence-corrected chi connectivity index (χ2v) is 8.18. The molecule has 0 radical (unpaired) electrons. The lowest BCUT2D eigenvalue weighted by Gasteiger charge is -2.10. The molecule has 3 aromatic rings. The highest BCUT2D eigenvalue weighted by Crippen LogP contribution is 2.25. The first-order chi connectivity index (χ1) is 13.1. The largest absolute Gasteiger partial charge is 0.457 e. The van der Waals surface area contributed by atoms with E-state index >= 15 is 0 Å². The van der Waals surface area contributed by atoms with Crippen LogP contribution in [0.2, 0.25) is 5.02 Å². The van der Waals surface area contributed by atoms with Crippen LogP contribution in [-0.4, -0.2) is 14.4 Å². The van der Waals surface area contributed by atoms with Crippen LogP contribution in [0.15, 0.2) is 50.5 Å². The fourth-order valence-corrected chi connectivity index (χ4v) is 3.79. The van der Waals surface area contributed by atoms with E-state index in [1.165, 1.54) is 18.2 Å². The highest BCUT2D eigenvalue weighted by Gasteiger charge is 2.18. The van der Waals surface area contributed by atoms with Crippen molar-refractivity contribution in [1.82, 2.24) is 0 Å². The van der Waals surface area contributed by atoms with Gasteiger partial charge in [0.25, 0.3) is 0 Å². The number of carbonyl (C=O) groups excluding carboxylic acids is 1. The number of fused-ring (bicyclic) bond motifs is 1. The minimum Gasteiger partial charge on any atom is -0.457 e. The van der Waals surface area contributed by atoms with E-state index in [-0.39, 0.29) is 22.1 Å². The van der Waals surface area contributed by atoms with Crippen molar-refractivity contribution in [3.05, 3.63) is 74.1 Å². The van der Waals surface area contributed by atoms with Gasteiger partial charge in [0.15, 0.2) is 0 Å². The van der Waals surface area contributed by atoms with Crippen molar-refractivity contribution in [2.24, 2.45) is 5.14 Å². The van der Waals surface area contributed by atoms with Crippen LogP contribution < -0.4 is 10.8 Å². The third kappa shape index (κ3) is 3.94. The van der Waals surface area contributed by atoms with Crippen LogP contribution in [0.25, 0.3) is 11.0 Å². The van der Waals surface area contributed by atoms with Crippen molar-refractivity contribution in [3.8, 4) is 0 Å². The summed E-state index contributed by atoms with van der Waals surface area (Å²) in [6.45, 7) is 3.53. The van der Waals surface area contributed by atoms with E-state index in [4.69, 9.17) is 25.9 Å². The molecular formula is C19H16ClNO6S. The van der Waals surface area contributed by atoms with E-state index in [1.807, 2.05) is 19.9 Å². The summed E-state index contributed by atoms with van der Waals surface area (Å²) in [4.78, 5) is 23.8. The van der Waals surface area contributed by atoms with Gasteiger partial charge >= 0.3 is 11.6 Å². The number of aryl methyl sites for hydroxylation is 2. The highest BCUT2D eigenvalue weighted by atomic mass is 35.5. The Morgan fingerprint density at radius 2 is 1.89 bits per heavy atom. The summed E-state index contributed by atoms with van der Waals surface area (Å²) in [6, 6.07) is 8.53. The number of nitrogens with two attached hydrogens (primary N) is 1. The molecule has 0 saturated carbocycles. The Kier molecular flexibility index (Phi) is 5.29. The molecule has 9 heteroatoms. The van der Waals surface area contributed by atoms with Crippen molar-refractivity contribution < 1.29 is 22.4 Å². The standard InChI is InChI=1S/C19H16ClNO6S/c1-10-3-5-14-13(8-17(22)27-18(14)11(10)2)9-26-19(23)12-4-6-15(20)16(7-12)28(21,24)25/h3-8H,9H2,1-2H3,(H2,21,24,25). The predicted octanol–water partition coefficient (Wildman–Crippen LogP) is 3.07. The molecule has 2 N–H and O–H groups in total. The maximum atomic E-state index is 12.3. The molecule has 0 amide bonds. The van der Waals surface area contributed by atoms with Crippen LogP contribution in [0, 0.1) is 13.8 Å². The van der Waals surface area contributed by atoms with Crippen molar-refractivity contribution in [2.75, 3.05) is 0 Å². The molecule has 0 fully saturated rings. The quantitative estimate of drug-likeness (QED) is 0.511. The minimum atomic E-state index is -4.09. The molecule has 28 heavy (non-hydrogen) atoms. The van der Waals surface area contributed by atoms with E-state index in [1.54, 1.807) is 6.07 Å². The number of hydrogen-bond donors (Lipinski definition) is 1. The zero-order valence-electron chi connectivity index (χ0n) is 15.0. The van der Waals surface area contributed by atoms with Gasteiger partial charge < -0.3 is 9.15 Å². The molecule has 0 bridgehead atoms. The van der Waals surface area contributed by atoms with Crippen LogP contribution >= 0.6 is 11.6 Å². The molecule has 1 heterocycles. The SMILES string of the molecule is Cc1ccc2c(COC(=O)c3ccc(Cl)c(S(N)(=O)=O)c3)cc(=O)oc2c1C. The summed E-state index contributed by atoms with van der Waals surface area (Å²) >= 11 is 5.81. The third-order valence-corrected chi connectivity index (χ3v) is 5.74. The third-order valence-electron chi connectivity index (χ3n) is 4.35. The number of rotatable bonds is 4. The van der Waals surface area contributed by atoms with Gasteiger partial charge in [0.1, 0.15) is 17.1 Å². The molecule has 1 aromatic heterocycles. The number of sulfonamides is 1. The molecule has 0 aliphatic carbocycles. The van der Waals surface area contributed by atoms with Gasteiger partial charge in [0.2, 0.25) is 10.0 Å². The average molecular weight is 422 g/mol. The summed E-state index contributed by atoms with van der Waals surface area (Å²) in [7, 11) is -4.09. The number of ether oxygens (including phenoxy) is 1. The summed E-state index contributed by atoms with van der Waals surface area (Å²) in [6.07, 6.45) is 0. The van der Waals surface area contributed by atoms with E-state index in [9.17, 15) is 18.0 Å². The number of carbonyl (C=O) groups is 1. The van der Waals surface area contributed by atoms with E-state index in [0.717, 1.165) is 17.2 Å². The molecule has 0 spiro atoms. The summed E-state index contributed by atoms with van der Waals surface area (Å²) < 4.78 is 33.6. The Morgan fingerprint density at radius 3 is 2.57 bits per heavy atom. The van der Waals surface area contributed by atoms with Crippen LogP contribution in [0.3, 0.4) is 0 Å². The molecule has 146 valence electrons. The molecule has 7 nitrogen and oxygen atoms in total. The van der Waals surface area contributed by atoms with E-state index in [2.05, 4.69) is 0 Å². The normalized spacial score (nSPS) is 11.6. The van der Waals surface area contributed by atoms with Crippen LogP contribution in [0.1, 0.15) is 27.0 Å². The summed E-state index contributed by atoms with van der Waals surface area (Å²) in [5, 5.41) is 5.64. The van der Waals surface area contributed by atoms with Gasteiger partial charge in [-0.15, -0.1) is 0 Å². The first-order valence-corrected chi connectivity index (χ1v) is 10.0. The van der Waals surface area contributed by atoms with E-state index < -0.39 is 21.6 Å².